The van der Waals surface area contributed by atoms with Gasteiger partial charge in [-0.2, -0.15) is 0 Å². The van der Waals surface area contributed by atoms with Gasteiger partial charge < -0.3 is 14.5 Å². The zero-order valence-electron chi connectivity index (χ0n) is 15.2. The number of aryl methyl sites for hydroxylation is 2. The Hall–Kier alpha value is -2.04. The summed E-state index contributed by atoms with van der Waals surface area (Å²) in [5.74, 6) is 1.16. The molecule has 0 N–H and O–H groups in total. The van der Waals surface area contributed by atoms with Gasteiger partial charge in [0.05, 0.1) is 13.0 Å². The summed E-state index contributed by atoms with van der Waals surface area (Å²) in [6.07, 6.45) is 1.88. The Balaban J connectivity index is 1.75. The summed E-state index contributed by atoms with van der Waals surface area (Å²) in [5, 5.41) is 0. The molecular weight excluding hydrogens is 304 g/mol. The summed E-state index contributed by atoms with van der Waals surface area (Å²) < 4.78 is 5.74. The molecule has 0 radical (unpaired) electrons. The number of carbonyl (C=O) groups is 2. The van der Waals surface area contributed by atoms with Gasteiger partial charge in [0.1, 0.15) is 5.75 Å². The lowest BCUT2D eigenvalue weighted by atomic mass is 9.95. The number of ether oxygens (including phenoxy) is 1. The molecule has 1 heterocycles. The van der Waals surface area contributed by atoms with E-state index < -0.39 is 0 Å². The van der Waals surface area contributed by atoms with Gasteiger partial charge in [0, 0.05) is 33.1 Å². The fourth-order valence-electron chi connectivity index (χ4n) is 3.11. The van der Waals surface area contributed by atoms with Crippen LogP contribution < -0.4 is 4.74 Å². The molecule has 1 saturated heterocycles. The molecule has 24 heavy (non-hydrogen) atoms. The van der Waals surface area contributed by atoms with Crippen LogP contribution in [0.1, 0.15) is 30.4 Å². The van der Waals surface area contributed by atoms with Crippen molar-refractivity contribution in [3.8, 4) is 5.75 Å². The maximum atomic E-state index is 12.3. The van der Waals surface area contributed by atoms with Gasteiger partial charge in [-0.05, 0) is 38.3 Å². The van der Waals surface area contributed by atoms with Crippen molar-refractivity contribution in [1.82, 2.24) is 9.80 Å². The highest BCUT2D eigenvalue weighted by atomic mass is 16.5. The first-order chi connectivity index (χ1) is 11.4. The fraction of sp³-hybridized carbons (Fsp3) is 0.579. The Morgan fingerprint density at radius 2 is 1.88 bits per heavy atom. The smallest absolute Gasteiger partial charge is 0.225 e. The van der Waals surface area contributed by atoms with Gasteiger partial charge in [-0.1, -0.05) is 17.7 Å². The van der Waals surface area contributed by atoms with Crippen molar-refractivity contribution >= 4 is 11.8 Å². The van der Waals surface area contributed by atoms with E-state index in [-0.39, 0.29) is 17.7 Å². The third kappa shape index (κ3) is 4.73. The van der Waals surface area contributed by atoms with E-state index in [1.54, 1.807) is 19.0 Å². The summed E-state index contributed by atoms with van der Waals surface area (Å²) >= 11 is 0. The highest BCUT2D eigenvalue weighted by molar-refractivity contribution is 5.79. The molecule has 132 valence electrons. The number of hydrogen-bond donors (Lipinski definition) is 0. The van der Waals surface area contributed by atoms with Crippen molar-refractivity contribution in [2.45, 2.75) is 33.1 Å². The average Bonchev–Trinajstić information content (AvgIpc) is 2.56. The van der Waals surface area contributed by atoms with E-state index in [4.69, 9.17) is 4.74 Å². The van der Waals surface area contributed by atoms with Crippen LogP contribution in [0.15, 0.2) is 18.2 Å². The largest absolute Gasteiger partial charge is 0.493 e. The second kappa shape index (κ2) is 8.18. The molecule has 1 aromatic rings. The molecule has 0 aromatic heterocycles. The van der Waals surface area contributed by atoms with Crippen molar-refractivity contribution in [2.75, 3.05) is 33.8 Å². The van der Waals surface area contributed by atoms with Crippen molar-refractivity contribution < 1.29 is 14.3 Å². The molecule has 2 rings (SSSR count). The van der Waals surface area contributed by atoms with E-state index >= 15 is 0 Å². The predicted molar refractivity (Wildman–Crippen MR) is 94.0 cm³/mol. The van der Waals surface area contributed by atoms with Gasteiger partial charge in [0.25, 0.3) is 0 Å². The highest BCUT2D eigenvalue weighted by Gasteiger charge is 2.27. The van der Waals surface area contributed by atoms with Crippen LogP contribution in [0.5, 0.6) is 5.75 Å². The van der Waals surface area contributed by atoms with E-state index in [0.29, 0.717) is 26.1 Å². The molecule has 0 aliphatic carbocycles. The van der Waals surface area contributed by atoms with Gasteiger partial charge in [-0.25, -0.2) is 0 Å². The SMILES string of the molecule is Cc1ccc(OCCC(=O)N2CCC(C(=O)N(C)C)CC2)c(C)c1. The molecule has 0 unspecified atom stereocenters. The number of carbonyl (C=O) groups excluding carboxylic acids is 2. The predicted octanol–water partition coefficient (Wildman–Crippen LogP) is 2.40. The van der Waals surface area contributed by atoms with Crippen molar-refractivity contribution in [1.29, 1.82) is 0 Å². The van der Waals surface area contributed by atoms with Gasteiger partial charge in [0.15, 0.2) is 0 Å². The lowest BCUT2D eigenvalue weighted by Gasteiger charge is -2.32. The summed E-state index contributed by atoms with van der Waals surface area (Å²) in [4.78, 5) is 27.7. The molecule has 1 aliphatic rings. The Morgan fingerprint density at radius 3 is 2.46 bits per heavy atom. The van der Waals surface area contributed by atoms with Crippen LogP contribution >= 0.6 is 0 Å². The number of hydrogen-bond acceptors (Lipinski definition) is 3. The number of nitrogens with zero attached hydrogens (tertiary/aromatic N) is 2. The van der Waals surface area contributed by atoms with Crippen molar-refractivity contribution in [2.24, 2.45) is 5.92 Å². The second-order valence-electron chi connectivity index (χ2n) is 6.76. The van der Waals surface area contributed by atoms with Crippen LogP contribution in [0.4, 0.5) is 0 Å². The van der Waals surface area contributed by atoms with E-state index in [2.05, 4.69) is 6.07 Å². The number of amides is 2. The van der Waals surface area contributed by atoms with Crippen molar-refractivity contribution in [3.63, 3.8) is 0 Å². The first kappa shape index (κ1) is 18.3. The minimum Gasteiger partial charge on any atom is -0.493 e. The van der Waals surface area contributed by atoms with Crippen LogP contribution in [0.3, 0.4) is 0 Å². The quantitative estimate of drug-likeness (QED) is 0.832. The lowest BCUT2D eigenvalue weighted by molar-refractivity contribution is -0.139. The standard InChI is InChI=1S/C19H28N2O3/c1-14-5-6-17(15(2)13-14)24-12-9-18(22)21-10-7-16(8-11-21)19(23)20(3)4/h5-6,13,16H,7-12H2,1-4H3. The molecule has 1 aromatic carbocycles. The minimum absolute atomic E-state index is 0.0514. The summed E-state index contributed by atoms with van der Waals surface area (Å²) in [5.41, 5.74) is 2.29. The molecule has 0 spiro atoms. The molecule has 5 heteroatoms. The summed E-state index contributed by atoms with van der Waals surface area (Å²) in [7, 11) is 3.56. The maximum Gasteiger partial charge on any atom is 0.225 e. The van der Waals surface area contributed by atoms with Gasteiger partial charge in [0.2, 0.25) is 11.8 Å². The Morgan fingerprint density at radius 1 is 1.21 bits per heavy atom. The molecule has 0 bridgehead atoms. The van der Waals surface area contributed by atoms with Crippen LogP contribution in [-0.4, -0.2) is 55.4 Å². The highest BCUT2D eigenvalue weighted by Crippen LogP contribution is 2.21. The third-order valence-electron chi connectivity index (χ3n) is 4.54. The maximum absolute atomic E-state index is 12.3. The number of rotatable bonds is 5. The normalized spacial score (nSPS) is 15.2. The number of benzene rings is 1. The molecule has 1 fully saturated rings. The zero-order chi connectivity index (χ0) is 17.7. The van der Waals surface area contributed by atoms with Crippen LogP contribution in [0.25, 0.3) is 0 Å². The van der Waals surface area contributed by atoms with Gasteiger partial charge in [-0.15, -0.1) is 0 Å². The molecule has 0 saturated carbocycles. The van der Waals surface area contributed by atoms with E-state index in [9.17, 15) is 9.59 Å². The van der Waals surface area contributed by atoms with E-state index in [0.717, 1.165) is 24.2 Å². The molecule has 0 atom stereocenters. The zero-order valence-corrected chi connectivity index (χ0v) is 15.2. The Bertz CT molecular complexity index is 590. The first-order valence-corrected chi connectivity index (χ1v) is 8.57. The Labute approximate surface area is 144 Å². The minimum atomic E-state index is 0.0514. The van der Waals surface area contributed by atoms with Crippen LogP contribution in [0.2, 0.25) is 0 Å². The second-order valence-corrected chi connectivity index (χ2v) is 6.76. The monoisotopic (exact) mass is 332 g/mol. The summed E-state index contributed by atoms with van der Waals surface area (Å²) in [6, 6.07) is 6.04. The number of likely N-dealkylation sites (tertiary alicyclic amines) is 1. The Kier molecular flexibility index (Phi) is 6.23. The molecule has 1 aliphatic heterocycles. The van der Waals surface area contributed by atoms with E-state index in [1.807, 2.05) is 30.9 Å². The van der Waals surface area contributed by atoms with Crippen LogP contribution in [0, 0.1) is 19.8 Å². The van der Waals surface area contributed by atoms with Crippen molar-refractivity contribution in [3.05, 3.63) is 29.3 Å². The first-order valence-electron chi connectivity index (χ1n) is 8.57. The number of piperidine rings is 1. The molecule has 2 amide bonds. The van der Waals surface area contributed by atoms with Crippen LogP contribution in [-0.2, 0) is 9.59 Å². The average molecular weight is 332 g/mol. The topological polar surface area (TPSA) is 49.9 Å². The summed E-state index contributed by atoms with van der Waals surface area (Å²) in [6.45, 7) is 5.76. The van der Waals surface area contributed by atoms with Gasteiger partial charge in [-0.3, -0.25) is 9.59 Å². The molecular formula is C19H28N2O3. The van der Waals surface area contributed by atoms with E-state index in [1.165, 1.54) is 5.56 Å². The van der Waals surface area contributed by atoms with Gasteiger partial charge >= 0.3 is 0 Å². The third-order valence-corrected chi connectivity index (χ3v) is 4.54. The lowest BCUT2D eigenvalue weighted by Crippen LogP contribution is -2.43. The molecule has 5 nitrogen and oxygen atoms in total. The fourth-order valence-corrected chi connectivity index (χ4v) is 3.11.